The second-order valence-corrected chi connectivity index (χ2v) is 8.17. The Morgan fingerprint density at radius 3 is 2.87 bits per heavy atom. The lowest BCUT2D eigenvalue weighted by Crippen LogP contribution is -2.43. The second kappa shape index (κ2) is 8.70. The number of benzene rings is 1. The van der Waals surface area contributed by atoms with Gasteiger partial charge in [0, 0.05) is 31.4 Å². The van der Waals surface area contributed by atoms with E-state index in [1.807, 2.05) is 25.1 Å². The molecule has 0 radical (unpaired) electrons. The van der Waals surface area contributed by atoms with Crippen molar-refractivity contribution in [3.63, 3.8) is 0 Å². The summed E-state index contributed by atoms with van der Waals surface area (Å²) in [5.41, 5.74) is 4.72. The molecule has 7 heteroatoms. The number of carbonyl (C=O) groups is 1. The van der Waals surface area contributed by atoms with E-state index in [0.717, 1.165) is 67.8 Å². The van der Waals surface area contributed by atoms with Crippen molar-refractivity contribution in [2.75, 3.05) is 30.4 Å². The Kier molecular flexibility index (Phi) is 5.84. The summed E-state index contributed by atoms with van der Waals surface area (Å²) in [6.45, 7) is 3.51. The highest BCUT2D eigenvalue weighted by atomic mass is 16.1. The smallest absolute Gasteiger partial charge is 0.229 e. The number of nitriles is 1. The van der Waals surface area contributed by atoms with Crippen molar-refractivity contribution >= 4 is 23.4 Å². The second-order valence-electron chi connectivity index (χ2n) is 8.17. The Bertz CT molecular complexity index is 996. The monoisotopic (exact) mass is 404 g/mol. The van der Waals surface area contributed by atoms with Crippen LogP contribution in [0.15, 0.2) is 18.2 Å². The van der Waals surface area contributed by atoms with E-state index in [2.05, 4.69) is 21.6 Å². The predicted octanol–water partition coefficient (Wildman–Crippen LogP) is 3.24. The molecule has 1 saturated heterocycles. The molecule has 2 aromatic rings. The number of piperidine rings is 1. The van der Waals surface area contributed by atoms with E-state index >= 15 is 0 Å². The van der Waals surface area contributed by atoms with E-state index in [9.17, 15) is 10.1 Å². The SMILES string of the molecule is CNC(=O)[C@@H]1CCCN(c2nc(Nc3ccc(C)c(C#N)c3)nc3c2CCCC3)C1. The molecule has 1 atom stereocenters. The molecule has 4 rings (SSSR count). The predicted molar refractivity (Wildman–Crippen MR) is 117 cm³/mol. The minimum atomic E-state index is -0.00958. The van der Waals surface area contributed by atoms with Crippen LogP contribution >= 0.6 is 0 Å². The Balaban J connectivity index is 1.67. The highest BCUT2D eigenvalue weighted by molar-refractivity contribution is 5.79. The number of aromatic nitrogens is 2. The Morgan fingerprint density at radius 1 is 1.23 bits per heavy atom. The number of amides is 1. The lowest BCUT2D eigenvalue weighted by molar-refractivity contribution is -0.124. The zero-order valence-electron chi connectivity index (χ0n) is 17.7. The van der Waals surface area contributed by atoms with E-state index in [1.165, 1.54) is 5.56 Å². The van der Waals surface area contributed by atoms with E-state index in [0.29, 0.717) is 18.1 Å². The minimum absolute atomic E-state index is 0.00958. The van der Waals surface area contributed by atoms with E-state index in [4.69, 9.17) is 9.97 Å². The molecule has 1 amide bonds. The van der Waals surface area contributed by atoms with Crippen molar-refractivity contribution in [2.45, 2.75) is 45.4 Å². The van der Waals surface area contributed by atoms with Gasteiger partial charge >= 0.3 is 0 Å². The van der Waals surface area contributed by atoms with Crippen LogP contribution in [-0.2, 0) is 17.6 Å². The number of rotatable bonds is 4. The molecule has 0 bridgehead atoms. The normalized spacial score (nSPS) is 18.3. The van der Waals surface area contributed by atoms with Crippen LogP contribution in [0, 0.1) is 24.2 Å². The van der Waals surface area contributed by atoms with Crippen LogP contribution in [0.5, 0.6) is 0 Å². The number of fused-ring (bicyclic) bond motifs is 1. The highest BCUT2D eigenvalue weighted by Gasteiger charge is 2.29. The van der Waals surface area contributed by atoms with Gasteiger partial charge in [-0.1, -0.05) is 6.07 Å². The lowest BCUT2D eigenvalue weighted by atomic mass is 9.93. The number of hydrogen-bond acceptors (Lipinski definition) is 6. The van der Waals surface area contributed by atoms with Gasteiger partial charge in [-0.15, -0.1) is 0 Å². The summed E-state index contributed by atoms with van der Waals surface area (Å²) in [6.07, 6.45) is 6.09. The number of nitrogens with zero attached hydrogens (tertiary/aromatic N) is 4. The van der Waals surface area contributed by atoms with E-state index < -0.39 is 0 Å². The molecule has 1 aromatic heterocycles. The van der Waals surface area contributed by atoms with Crippen molar-refractivity contribution in [1.29, 1.82) is 5.26 Å². The number of nitrogens with one attached hydrogen (secondary N) is 2. The van der Waals surface area contributed by atoms with Crippen LogP contribution in [0.25, 0.3) is 0 Å². The zero-order chi connectivity index (χ0) is 21.1. The standard InChI is InChI=1S/C23H28N6O/c1-15-9-10-18(12-17(15)13-24)26-23-27-20-8-4-3-7-19(20)21(28-23)29-11-5-6-16(14-29)22(30)25-2/h9-10,12,16H,3-8,11,14H2,1-2H3,(H,25,30)(H,26,27,28)/t16-/m1/s1. The first-order valence-electron chi connectivity index (χ1n) is 10.7. The highest BCUT2D eigenvalue weighted by Crippen LogP contribution is 2.32. The van der Waals surface area contributed by atoms with Gasteiger partial charge in [0.15, 0.2) is 0 Å². The third-order valence-corrected chi connectivity index (χ3v) is 6.11. The largest absolute Gasteiger partial charge is 0.359 e. The van der Waals surface area contributed by atoms with Crippen molar-refractivity contribution in [3.05, 3.63) is 40.6 Å². The fourth-order valence-electron chi connectivity index (χ4n) is 4.43. The topological polar surface area (TPSA) is 93.9 Å². The summed E-state index contributed by atoms with van der Waals surface area (Å²) in [5, 5.41) is 15.4. The summed E-state index contributed by atoms with van der Waals surface area (Å²) in [7, 11) is 1.70. The summed E-state index contributed by atoms with van der Waals surface area (Å²) in [5.74, 6) is 1.61. The van der Waals surface area contributed by atoms with Gasteiger partial charge in [0.2, 0.25) is 11.9 Å². The zero-order valence-corrected chi connectivity index (χ0v) is 17.7. The molecule has 2 aliphatic rings. The number of aryl methyl sites for hydroxylation is 2. The maximum absolute atomic E-state index is 12.2. The molecule has 156 valence electrons. The molecule has 1 aromatic carbocycles. The molecular formula is C23H28N6O. The summed E-state index contributed by atoms with van der Waals surface area (Å²) >= 11 is 0. The fourth-order valence-corrected chi connectivity index (χ4v) is 4.43. The van der Waals surface area contributed by atoms with Crippen molar-refractivity contribution in [2.24, 2.45) is 5.92 Å². The molecule has 30 heavy (non-hydrogen) atoms. The first-order valence-corrected chi connectivity index (χ1v) is 10.7. The first kappa shape index (κ1) is 20.1. The molecule has 0 saturated carbocycles. The molecule has 7 nitrogen and oxygen atoms in total. The van der Waals surface area contributed by atoms with Gasteiger partial charge in [-0.05, 0) is 63.1 Å². The van der Waals surface area contributed by atoms with Crippen LogP contribution in [0.3, 0.4) is 0 Å². The summed E-state index contributed by atoms with van der Waals surface area (Å²) in [4.78, 5) is 24.2. The summed E-state index contributed by atoms with van der Waals surface area (Å²) in [6, 6.07) is 7.94. The number of carbonyl (C=O) groups excluding carboxylic acids is 1. The average Bonchev–Trinajstić information content (AvgIpc) is 2.79. The van der Waals surface area contributed by atoms with Crippen LogP contribution in [0.1, 0.15) is 48.1 Å². The third-order valence-electron chi connectivity index (χ3n) is 6.11. The first-order chi connectivity index (χ1) is 14.6. The van der Waals surface area contributed by atoms with Gasteiger partial charge in [-0.25, -0.2) is 4.98 Å². The molecule has 1 aliphatic carbocycles. The van der Waals surface area contributed by atoms with Crippen LogP contribution in [0.2, 0.25) is 0 Å². The molecule has 1 aliphatic heterocycles. The number of hydrogen-bond donors (Lipinski definition) is 2. The van der Waals surface area contributed by atoms with E-state index in [-0.39, 0.29) is 11.8 Å². The van der Waals surface area contributed by atoms with Crippen LogP contribution < -0.4 is 15.5 Å². The lowest BCUT2D eigenvalue weighted by Gasteiger charge is -2.35. The molecule has 0 spiro atoms. The fraction of sp³-hybridized carbons (Fsp3) is 0.478. The maximum atomic E-state index is 12.2. The van der Waals surface area contributed by atoms with E-state index in [1.54, 1.807) is 7.05 Å². The van der Waals surface area contributed by atoms with Crippen molar-refractivity contribution in [3.8, 4) is 6.07 Å². The molecule has 1 fully saturated rings. The Hall–Kier alpha value is -3.14. The third kappa shape index (κ3) is 4.09. The quantitative estimate of drug-likeness (QED) is 0.812. The van der Waals surface area contributed by atoms with Gasteiger partial charge in [0.1, 0.15) is 5.82 Å². The molecule has 0 unspecified atom stereocenters. The maximum Gasteiger partial charge on any atom is 0.229 e. The van der Waals surface area contributed by atoms with Crippen molar-refractivity contribution in [1.82, 2.24) is 15.3 Å². The van der Waals surface area contributed by atoms with Gasteiger partial charge in [-0.2, -0.15) is 10.2 Å². The summed E-state index contributed by atoms with van der Waals surface area (Å²) < 4.78 is 0. The van der Waals surface area contributed by atoms with Crippen LogP contribution in [0.4, 0.5) is 17.5 Å². The van der Waals surface area contributed by atoms with Gasteiger partial charge in [0.25, 0.3) is 0 Å². The molecule has 2 N–H and O–H groups in total. The molecule has 2 heterocycles. The van der Waals surface area contributed by atoms with Gasteiger partial charge in [0.05, 0.1) is 23.2 Å². The minimum Gasteiger partial charge on any atom is -0.359 e. The average molecular weight is 405 g/mol. The molecular weight excluding hydrogens is 376 g/mol. The van der Waals surface area contributed by atoms with Crippen LogP contribution in [-0.4, -0.2) is 36.0 Å². The van der Waals surface area contributed by atoms with Gasteiger partial charge in [-0.3, -0.25) is 4.79 Å². The van der Waals surface area contributed by atoms with Crippen molar-refractivity contribution < 1.29 is 4.79 Å². The Labute approximate surface area is 177 Å². The Morgan fingerprint density at radius 2 is 2.07 bits per heavy atom. The van der Waals surface area contributed by atoms with Gasteiger partial charge < -0.3 is 15.5 Å². The number of anilines is 3.